The van der Waals surface area contributed by atoms with Crippen molar-refractivity contribution in [2.75, 3.05) is 11.9 Å². The molecule has 1 aromatic heterocycles. The first-order chi connectivity index (χ1) is 9.19. The first-order valence-corrected chi connectivity index (χ1v) is 6.93. The lowest BCUT2D eigenvalue weighted by atomic mass is 9.99. The Labute approximate surface area is 115 Å². The normalized spacial score (nSPS) is 14.6. The van der Waals surface area contributed by atoms with Gasteiger partial charge in [-0.3, -0.25) is 4.79 Å². The molecule has 0 saturated carbocycles. The maximum absolute atomic E-state index is 11.6. The van der Waals surface area contributed by atoms with Crippen LogP contribution in [0.2, 0.25) is 0 Å². The van der Waals surface area contributed by atoms with Crippen LogP contribution < -0.4 is 10.6 Å². The molecule has 1 aliphatic rings. The van der Waals surface area contributed by atoms with Gasteiger partial charge in [-0.1, -0.05) is 11.3 Å². The smallest absolute Gasteiger partial charge is 0.227 e. The summed E-state index contributed by atoms with van der Waals surface area (Å²) in [5, 5.41) is 9.89. The molecular formula is C13H14N4OS. The second kappa shape index (κ2) is 4.71. The number of carbonyl (C=O) groups excluding carboxylic acids is 1. The number of aromatic nitrogens is 2. The molecule has 0 fully saturated rings. The van der Waals surface area contributed by atoms with Crippen LogP contribution in [0.15, 0.2) is 18.2 Å². The molecule has 0 unspecified atom stereocenters. The lowest BCUT2D eigenvalue weighted by Crippen LogP contribution is -2.30. The Morgan fingerprint density at radius 1 is 1.37 bits per heavy atom. The summed E-state index contributed by atoms with van der Waals surface area (Å²) in [6, 6.07) is 6.05. The van der Waals surface area contributed by atoms with Crippen LogP contribution in [0.3, 0.4) is 0 Å². The zero-order valence-electron chi connectivity index (χ0n) is 10.6. The van der Waals surface area contributed by atoms with Crippen molar-refractivity contribution in [2.24, 2.45) is 5.73 Å². The van der Waals surface area contributed by atoms with Crippen molar-refractivity contribution < 1.29 is 4.79 Å². The van der Waals surface area contributed by atoms with E-state index in [-0.39, 0.29) is 5.91 Å². The van der Waals surface area contributed by atoms with Crippen molar-refractivity contribution in [3.63, 3.8) is 0 Å². The molecule has 0 atom stereocenters. The number of rotatable bonds is 2. The Bertz CT molecular complexity index is 637. The highest BCUT2D eigenvalue weighted by molar-refractivity contribution is 7.14. The van der Waals surface area contributed by atoms with E-state index in [1.54, 1.807) is 4.90 Å². The van der Waals surface area contributed by atoms with Gasteiger partial charge in [-0.2, -0.15) is 0 Å². The predicted octanol–water partition coefficient (Wildman–Crippen LogP) is 1.57. The van der Waals surface area contributed by atoms with Gasteiger partial charge in [0.2, 0.25) is 5.91 Å². The molecule has 2 heterocycles. The van der Waals surface area contributed by atoms with Crippen molar-refractivity contribution in [2.45, 2.75) is 19.4 Å². The molecule has 0 aliphatic carbocycles. The topological polar surface area (TPSA) is 72.1 Å². The van der Waals surface area contributed by atoms with Crippen LogP contribution in [0.1, 0.15) is 17.0 Å². The van der Waals surface area contributed by atoms with E-state index < -0.39 is 0 Å². The number of nitrogens with zero attached hydrogens (tertiary/aromatic N) is 3. The molecule has 19 heavy (non-hydrogen) atoms. The molecule has 0 spiro atoms. The van der Waals surface area contributed by atoms with Gasteiger partial charge < -0.3 is 10.6 Å². The number of aryl methyl sites for hydroxylation is 1. The Kier molecular flexibility index (Phi) is 3.04. The largest absolute Gasteiger partial charge is 0.324 e. The van der Waals surface area contributed by atoms with Crippen molar-refractivity contribution in [3.8, 4) is 10.6 Å². The van der Waals surface area contributed by atoms with E-state index in [1.807, 2.05) is 19.2 Å². The molecule has 6 heteroatoms. The molecule has 0 saturated heterocycles. The van der Waals surface area contributed by atoms with Crippen LogP contribution in [-0.4, -0.2) is 23.2 Å². The third kappa shape index (κ3) is 2.13. The van der Waals surface area contributed by atoms with E-state index in [0.29, 0.717) is 13.0 Å². The second-order valence-electron chi connectivity index (χ2n) is 4.50. The molecule has 1 aliphatic heterocycles. The summed E-state index contributed by atoms with van der Waals surface area (Å²) in [5.74, 6) is 0.168. The van der Waals surface area contributed by atoms with Gasteiger partial charge in [0.15, 0.2) is 0 Å². The number of hydrogen-bond acceptors (Lipinski definition) is 5. The SMILES string of the molecule is CN1C(=O)CCc2cc(-c3nnc(CN)s3)ccc21. The number of carbonyl (C=O) groups is 1. The third-order valence-corrected chi connectivity index (χ3v) is 4.31. The zero-order chi connectivity index (χ0) is 13.4. The third-order valence-electron chi connectivity index (χ3n) is 3.31. The van der Waals surface area contributed by atoms with Gasteiger partial charge in [0.05, 0.1) is 0 Å². The zero-order valence-corrected chi connectivity index (χ0v) is 11.4. The fraction of sp³-hybridized carbons (Fsp3) is 0.308. The summed E-state index contributed by atoms with van der Waals surface area (Å²) < 4.78 is 0. The number of amides is 1. The van der Waals surface area contributed by atoms with Crippen LogP contribution >= 0.6 is 11.3 Å². The number of fused-ring (bicyclic) bond motifs is 1. The van der Waals surface area contributed by atoms with Gasteiger partial charge in [0, 0.05) is 31.3 Å². The summed E-state index contributed by atoms with van der Waals surface area (Å²) >= 11 is 1.51. The first-order valence-electron chi connectivity index (χ1n) is 6.11. The molecular weight excluding hydrogens is 260 g/mol. The fourth-order valence-corrected chi connectivity index (χ4v) is 2.96. The number of hydrogen-bond donors (Lipinski definition) is 1. The maximum atomic E-state index is 11.6. The van der Waals surface area contributed by atoms with Gasteiger partial charge in [-0.25, -0.2) is 0 Å². The monoisotopic (exact) mass is 274 g/mol. The van der Waals surface area contributed by atoms with Crippen LogP contribution in [0.25, 0.3) is 10.6 Å². The maximum Gasteiger partial charge on any atom is 0.227 e. The first kappa shape index (κ1) is 12.3. The second-order valence-corrected chi connectivity index (χ2v) is 5.56. The van der Waals surface area contributed by atoms with Crippen molar-refractivity contribution >= 4 is 22.9 Å². The van der Waals surface area contributed by atoms with E-state index in [9.17, 15) is 4.79 Å². The molecule has 1 amide bonds. The van der Waals surface area contributed by atoms with Gasteiger partial charge in [-0.05, 0) is 30.2 Å². The summed E-state index contributed by atoms with van der Waals surface area (Å²) in [5.41, 5.74) is 8.76. The van der Waals surface area contributed by atoms with Gasteiger partial charge >= 0.3 is 0 Å². The fourth-order valence-electron chi connectivity index (χ4n) is 2.24. The van der Waals surface area contributed by atoms with Crippen LogP contribution in [0.5, 0.6) is 0 Å². The predicted molar refractivity (Wildman–Crippen MR) is 75.0 cm³/mol. The van der Waals surface area contributed by atoms with Crippen LogP contribution in [0, 0.1) is 0 Å². The van der Waals surface area contributed by atoms with Crippen molar-refractivity contribution in [1.29, 1.82) is 0 Å². The van der Waals surface area contributed by atoms with Crippen molar-refractivity contribution in [3.05, 3.63) is 28.8 Å². The van der Waals surface area contributed by atoms with Gasteiger partial charge in [0.1, 0.15) is 10.0 Å². The highest BCUT2D eigenvalue weighted by Gasteiger charge is 2.21. The molecule has 2 N–H and O–H groups in total. The molecule has 0 radical (unpaired) electrons. The molecule has 3 rings (SSSR count). The van der Waals surface area contributed by atoms with Gasteiger partial charge in [-0.15, -0.1) is 10.2 Å². The molecule has 2 aromatic rings. The average Bonchev–Trinajstić information content (AvgIpc) is 2.91. The van der Waals surface area contributed by atoms with Crippen molar-refractivity contribution in [1.82, 2.24) is 10.2 Å². The molecule has 5 nitrogen and oxygen atoms in total. The van der Waals surface area contributed by atoms with E-state index in [1.165, 1.54) is 16.9 Å². The minimum atomic E-state index is 0.168. The minimum absolute atomic E-state index is 0.168. The minimum Gasteiger partial charge on any atom is -0.324 e. The quantitative estimate of drug-likeness (QED) is 0.902. The summed E-state index contributed by atoms with van der Waals surface area (Å²) in [4.78, 5) is 13.4. The molecule has 0 bridgehead atoms. The van der Waals surface area contributed by atoms with Crippen LogP contribution in [0.4, 0.5) is 5.69 Å². The lowest BCUT2D eigenvalue weighted by molar-refractivity contribution is -0.118. The lowest BCUT2D eigenvalue weighted by Gasteiger charge is -2.25. The van der Waals surface area contributed by atoms with E-state index in [2.05, 4.69) is 16.3 Å². The van der Waals surface area contributed by atoms with Crippen LogP contribution in [-0.2, 0) is 17.8 Å². The highest BCUT2D eigenvalue weighted by atomic mass is 32.1. The number of benzene rings is 1. The number of nitrogens with two attached hydrogens (primary N) is 1. The Morgan fingerprint density at radius 3 is 2.95 bits per heavy atom. The Balaban J connectivity index is 1.99. The number of anilines is 1. The van der Waals surface area contributed by atoms with E-state index in [0.717, 1.165) is 27.7 Å². The Morgan fingerprint density at radius 2 is 2.21 bits per heavy atom. The summed E-state index contributed by atoms with van der Waals surface area (Å²) in [6.07, 6.45) is 1.35. The molecule has 1 aromatic carbocycles. The Hall–Kier alpha value is -1.79. The average molecular weight is 274 g/mol. The summed E-state index contributed by atoms with van der Waals surface area (Å²) in [6.45, 7) is 0.417. The standard InChI is InChI=1S/C13H14N4OS/c1-17-10-4-2-9(6-8(10)3-5-12(17)18)13-16-15-11(7-14)19-13/h2,4,6H,3,5,7,14H2,1H3. The van der Waals surface area contributed by atoms with E-state index >= 15 is 0 Å². The highest BCUT2D eigenvalue weighted by Crippen LogP contribution is 2.32. The molecule has 98 valence electrons. The van der Waals surface area contributed by atoms with E-state index in [4.69, 9.17) is 5.73 Å². The summed E-state index contributed by atoms with van der Waals surface area (Å²) in [7, 11) is 1.82. The van der Waals surface area contributed by atoms with Gasteiger partial charge in [0.25, 0.3) is 0 Å².